The lowest BCUT2D eigenvalue weighted by Gasteiger charge is -2.36. The van der Waals surface area contributed by atoms with Gasteiger partial charge in [0.2, 0.25) is 0 Å². The van der Waals surface area contributed by atoms with Crippen molar-refractivity contribution in [3.8, 4) is 11.3 Å². The summed E-state index contributed by atoms with van der Waals surface area (Å²) in [6.07, 6.45) is 0. The Labute approximate surface area is 123 Å². The van der Waals surface area contributed by atoms with Crippen molar-refractivity contribution in [2.75, 3.05) is 13.2 Å². The van der Waals surface area contributed by atoms with Crippen LogP contribution in [-0.2, 0) is 10.2 Å². The molecule has 0 bridgehead atoms. The van der Waals surface area contributed by atoms with Crippen LogP contribution in [0.15, 0.2) is 18.2 Å². The van der Waals surface area contributed by atoms with E-state index < -0.39 is 5.97 Å². The Hall–Kier alpha value is -2.14. The maximum absolute atomic E-state index is 11.2. The van der Waals surface area contributed by atoms with Gasteiger partial charge in [0.25, 0.3) is 0 Å². The van der Waals surface area contributed by atoms with Gasteiger partial charge in [-0.1, -0.05) is 6.07 Å². The number of ether oxygens (including phenoxy) is 1. The molecule has 0 radical (unpaired) electrons. The number of hydrogen-bond donors (Lipinski definition) is 2. The first-order valence-electron chi connectivity index (χ1n) is 6.90. The van der Waals surface area contributed by atoms with Gasteiger partial charge in [-0.3, -0.25) is 0 Å². The van der Waals surface area contributed by atoms with Crippen LogP contribution in [0.5, 0.6) is 0 Å². The lowest BCUT2D eigenvalue weighted by atomic mass is 9.88. The summed E-state index contributed by atoms with van der Waals surface area (Å²) >= 11 is 0. The molecule has 1 aromatic carbocycles. The number of carboxylic acid groups (broad SMARTS) is 1. The van der Waals surface area contributed by atoms with Gasteiger partial charge in [-0.25, -0.2) is 9.78 Å². The minimum Gasteiger partial charge on any atom is -0.478 e. The summed E-state index contributed by atoms with van der Waals surface area (Å²) in [4.78, 5) is 19.1. The molecule has 0 unspecified atom stereocenters. The van der Waals surface area contributed by atoms with Crippen LogP contribution in [0.2, 0.25) is 0 Å². The second-order valence-electron chi connectivity index (χ2n) is 5.93. The Morgan fingerprint density at radius 1 is 1.38 bits per heavy atom. The first-order chi connectivity index (χ1) is 9.90. The highest BCUT2D eigenvalue weighted by molar-refractivity contribution is 5.89. The number of rotatable bonds is 3. The third-order valence-electron chi connectivity index (χ3n) is 4.05. The molecule has 0 atom stereocenters. The predicted molar refractivity (Wildman–Crippen MR) is 78.6 cm³/mol. The van der Waals surface area contributed by atoms with Gasteiger partial charge in [0.1, 0.15) is 5.82 Å². The number of aromatic amines is 1. The number of carbonyl (C=O) groups is 1. The highest BCUT2D eigenvalue weighted by Gasteiger charge is 2.38. The van der Waals surface area contributed by atoms with E-state index in [9.17, 15) is 4.79 Å². The molecule has 2 heterocycles. The normalized spacial score (nSPS) is 16.5. The minimum absolute atomic E-state index is 0.0681. The maximum atomic E-state index is 11.2. The third kappa shape index (κ3) is 2.23. The molecule has 1 aliphatic rings. The van der Waals surface area contributed by atoms with Crippen molar-refractivity contribution in [2.24, 2.45) is 0 Å². The van der Waals surface area contributed by atoms with Crippen LogP contribution >= 0.6 is 0 Å². The molecule has 2 N–H and O–H groups in total. The number of aryl methyl sites for hydroxylation is 2. The zero-order valence-electron chi connectivity index (χ0n) is 12.4. The summed E-state index contributed by atoms with van der Waals surface area (Å²) in [5.41, 5.74) is 3.89. The molecular formula is C16H18N2O3. The van der Waals surface area contributed by atoms with Gasteiger partial charge in [0.15, 0.2) is 0 Å². The van der Waals surface area contributed by atoms with Crippen molar-refractivity contribution in [1.29, 1.82) is 0 Å². The Morgan fingerprint density at radius 2 is 2.10 bits per heavy atom. The number of aromatic carboxylic acids is 1. The molecule has 1 aromatic heterocycles. The fourth-order valence-electron chi connectivity index (χ4n) is 2.58. The Bertz CT molecular complexity index is 714. The average Bonchev–Trinajstić information content (AvgIpc) is 2.78. The van der Waals surface area contributed by atoms with Gasteiger partial charge in [-0.05, 0) is 38.5 Å². The molecule has 21 heavy (non-hydrogen) atoms. The fraction of sp³-hybridized carbons (Fsp3) is 0.375. The molecule has 0 amide bonds. The fourth-order valence-corrected chi connectivity index (χ4v) is 2.58. The summed E-state index contributed by atoms with van der Waals surface area (Å²) in [5, 5.41) is 9.16. The summed E-state index contributed by atoms with van der Waals surface area (Å²) in [7, 11) is 0. The van der Waals surface area contributed by atoms with Gasteiger partial charge in [-0.2, -0.15) is 0 Å². The third-order valence-corrected chi connectivity index (χ3v) is 4.05. The quantitative estimate of drug-likeness (QED) is 0.909. The number of aromatic nitrogens is 2. The maximum Gasteiger partial charge on any atom is 0.335 e. The molecule has 0 spiro atoms. The molecular weight excluding hydrogens is 268 g/mol. The number of H-pyrrole nitrogens is 1. The lowest BCUT2D eigenvalue weighted by Crippen LogP contribution is -2.44. The Kier molecular flexibility index (Phi) is 3.10. The largest absolute Gasteiger partial charge is 0.478 e. The Balaban J connectivity index is 2.08. The number of hydrogen-bond acceptors (Lipinski definition) is 3. The number of imidazole rings is 1. The topological polar surface area (TPSA) is 75.2 Å². The van der Waals surface area contributed by atoms with E-state index in [2.05, 4.69) is 16.9 Å². The average molecular weight is 286 g/mol. The van der Waals surface area contributed by atoms with E-state index in [1.165, 1.54) is 0 Å². The standard InChI is InChI=1S/C16H18N2O3/c1-9-4-5-11(14(19)20)6-12(9)13-10(2)17-15(18-13)16(3)7-21-8-16/h4-6H,7-8H2,1-3H3,(H,17,18)(H,19,20). The van der Waals surface area contributed by atoms with Crippen LogP contribution in [0.1, 0.15) is 34.4 Å². The first-order valence-corrected chi connectivity index (χ1v) is 6.90. The van der Waals surface area contributed by atoms with E-state index in [0.29, 0.717) is 13.2 Å². The molecule has 1 saturated heterocycles. The number of carboxylic acids is 1. The molecule has 1 fully saturated rings. The van der Waals surface area contributed by atoms with E-state index in [1.807, 2.05) is 19.9 Å². The van der Waals surface area contributed by atoms with Crippen molar-refractivity contribution >= 4 is 5.97 Å². The SMILES string of the molecule is Cc1ccc(C(=O)O)cc1-c1[nH]c(C2(C)COC2)nc1C. The van der Waals surface area contributed by atoms with Crippen LogP contribution in [0.4, 0.5) is 0 Å². The van der Waals surface area contributed by atoms with Crippen LogP contribution in [0.3, 0.4) is 0 Å². The van der Waals surface area contributed by atoms with E-state index in [1.54, 1.807) is 12.1 Å². The molecule has 0 aliphatic carbocycles. The smallest absolute Gasteiger partial charge is 0.335 e. The van der Waals surface area contributed by atoms with Gasteiger partial charge in [-0.15, -0.1) is 0 Å². The highest BCUT2D eigenvalue weighted by Crippen LogP contribution is 2.33. The van der Waals surface area contributed by atoms with Crippen molar-refractivity contribution in [1.82, 2.24) is 9.97 Å². The first kappa shape index (κ1) is 13.8. The van der Waals surface area contributed by atoms with Crippen LogP contribution in [0.25, 0.3) is 11.3 Å². The second kappa shape index (κ2) is 4.70. The molecule has 1 aliphatic heterocycles. The monoisotopic (exact) mass is 286 g/mol. The summed E-state index contributed by atoms with van der Waals surface area (Å²) < 4.78 is 5.28. The van der Waals surface area contributed by atoms with E-state index in [0.717, 1.165) is 28.3 Å². The zero-order valence-corrected chi connectivity index (χ0v) is 12.4. The van der Waals surface area contributed by atoms with Gasteiger partial charge < -0.3 is 14.8 Å². The molecule has 0 saturated carbocycles. The second-order valence-corrected chi connectivity index (χ2v) is 5.93. The highest BCUT2D eigenvalue weighted by atomic mass is 16.5. The molecule has 2 aromatic rings. The Morgan fingerprint density at radius 3 is 2.67 bits per heavy atom. The molecule has 110 valence electrons. The van der Waals surface area contributed by atoms with E-state index >= 15 is 0 Å². The number of benzene rings is 1. The van der Waals surface area contributed by atoms with Gasteiger partial charge >= 0.3 is 5.97 Å². The summed E-state index contributed by atoms with van der Waals surface area (Å²) in [6.45, 7) is 7.33. The minimum atomic E-state index is -0.923. The molecule has 5 heteroatoms. The van der Waals surface area contributed by atoms with Gasteiger partial charge in [0.05, 0.1) is 35.6 Å². The van der Waals surface area contributed by atoms with Crippen molar-refractivity contribution < 1.29 is 14.6 Å². The van der Waals surface area contributed by atoms with Crippen molar-refractivity contribution in [2.45, 2.75) is 26.2 Å². The molecule has 3 rings (SSSR count). The summed E-state index contributed by atoms with van der Waals surface area (Å²) in [5.74, 6) is -0.0191. The van der Waals surface area contributed by atoms with Crippen LogP contribution < -0.4 is 0 Å². The van der Waals surface area contributed by atoms with Crippen molar-refractivity contribution in [3.05, 3.63) is 40.8 Å². The zero-order chi connectivity index (χ0) is 15.2. The van der Waals surface area contributed by atoms with Crippen LogP contribution in [-0.4, -0.2) is 34.3 Å². The van der Waals surface area contributed by atoms with E-state index in [4.69, 9.17) is 9.84 Å². The van der Waals surface area contributed by atoms with Crippen molar-refractivity contribution in [3.63, 3.8) is 0 Å². The van der Waals surface area contributed by atoms with E-state index in [-0.39, 0.29) is 11.0 Å². The van der Waals surface area contributed by atoms with Crippen LogP contribution in [0, 0.1) is 13.8 Å². The predicted octanol–water partition coefficient (Wildman–Crippen LogP) is 2.68. The number of nitrogens with one attached hydrogen (secondary N) is 1. The summed E-state index contributed by atoms with van der Waals surface area (Å²) in [6, 6.07) is 5.14. The molecule has 5 nitrogen and oxygen atoms in total. The van der Waals surface area contributed by atoms with Gasteiger partial charge in [0, 0.05) is 5.56 Å². The number of nitrogens with zero attached hydrogens (tertiary/aromatic N) is 1. The lowest BCUT2D eigenvalue weighted by molar-refractivity contribution is -0.0539.